The van der Waals surface area contributed by atoms with Crippen LogP contribution in [-0.4, -0.2) is 35.2 Å². The molecule has 3 aliphatic rings. The fraction of sp³-hybridized carbons (Fsp3) is 0.875. The number of hydrogen-bond acceptors (Lipinski definition) is 3. The van der Waals surface area contributed by atoms with E-state index in [0.29, 0.717) is 24.9 Å². The average Bonchev–Trinajstić information content (AvgIpc) is 3.27. The highest BCUT2D eigenvalue weighted by Gasteiger charge is 2.67. The van der Waals surface area contributed by atoms with E-state index in [1.165, 1.54) is 12.8 Å². The van der Waals surface area contributed by atoms with E-state index in [0.717, 1.165) is 6.42 Å². The Bertz CT molecular complexity index is 471. The van der Waals surface area contributed by atoms with Crippen molar-refractivity contribution in [3.05, 3.63) is 0 Å². The van der Waals surface area contributed by atoms with Crippen molar-refractivity contribution in [2.24, 2.45) is 23.2 Å². The van der Waals surface area contributed by atoms with Gasteiger partial charge in [-0.15, -0.1) is 0 Å². The molecule has 4 unspecified atom stereocenters. The number of hydrogen-bond donors (Lipinski definition) is 2. The van der Waals surface area contributed by atoms with Gasteiger partial charge in [0.1, 0.15) is 5.54 Å². The molecule has 0 radical (unpaired) electrons. The normalized spacial score (nSPS) is 40.2. The zero-order valence-electron chi connectivity index (χ0n) is 13.0. The zero-order valence-corrected chi connectivity index (χ0v) is 13.0. The number of aliphatic carboxylic acids is 1. The second-order valence-corrected chi connectivity index (χ2v) is 7.41. The Morgan fingerprint density at radius 3 is 2.48 bits per heavy atom. The topological polar surface area (TPSA) is 75.6 Å². The Labute approximate surface area is 125 Å². The van der Waals surface area contributed by atoms with Crippen LogP contribution in [0, 0.1) is 23.2 Å². The van der Waals surface area contributed by atoms with Gasteiger partial charge < -0.3 is 15.2 Å². The van der Waals surface area contributed by atoms with Crippen molar-refractivity contribution in [1.82, 2.24) is 5.32 Å². The third-order valence-electron chi connectivity index (χ3n) is 5.87. The fourth-order valence-electron chi connectivity index (χ4n) is 3.90. The van der Waals surface area contributed by atoms with Crippen molar-refractivity contribution in [2.45, 2.75) is 58.1 Å². The second-order valence-electron chi connectivity index (χ2n) is 7.41. The van der Waals surface area contributed by atoms with E-state index in [1.807, 2.05) is 20.8 Å². The van der Waals surface area contributed by atoms with E-state index < -0.39 is 16.9 Å². The Balaban J connectivity index is 1.68. The van der Waals surface area contributed by atoms with Gasteiger partial charge in [0.05, 0.1) is 6.10 Å². The molecule has 3 fully saturated rings. The lowest BCUT2D eigenvalue weighted by Crippen LogP contribution is -2.76. The van der Waals surface area contributed by atoms with Crippen LogP contribution in [0.1, 0.15) is 46.5 Å². The summed E-state index contributed by atoms with van der Waals surface area (Å²) in [5, 5.41) is 12.5. The summed E-state index contributed by atoms with van der Waals surface area (Å²) in [6.07, 6.45) is 3.64. The maximum Gasteiger partial charge on any atom is 0.330 e. The number of amides is 1. The smallest absolute Gasteiger partial charge is 0.330 e. The first kappa shape index (κ1) is 14.8. The first-order valence-corrected chi connectivity index (χ1v) is 8.00. The molecule has 21 heavy (non-hydrogen) atoms. The van der Waals surface area contributed by atoms with Crippen LogP contribution in [0.2, 0.25) is 0 Å². The van der Waals surface area contributed by atoms with Gasteiger partial charge >= 0.3 is 5.97 Å². The predicted molar refractivity (Wildman–Crippen MR) is 76.6 cm³/mol. The van der Waals surface area contributed by atoms with E-state index >= 15 is 0 Å². The quantitative estimate of drug-likeness (QED) is 0.783. The Hall–Kier alpha value is -1.10. The summed E-state index contributed by atoms with van der Waals surface area (Å²) in [5.74, 6) is 0.238. The third-order valence-corrected chi connectivity index (χ3v) is 5.87. The first-order valence-electron chi connectivity index (χ1n) is 8.00. The number of nitrogens with one attached hydrogen (secondary N) is 1. The van der Waals surface area contributed by atoms with Crippen LogP contribution in [0.3, 0.4) is 0 Å². The lowest BCUT2D eigenvalue weighted by molar-refractivity contribution is -0.194. The van der Waals surface area contributed by atoms with Crippen molar-refractivity contribution in [1.29, 1.82) is 0 Å². The van der Waals surface area contributed by atoms with Gasteiger partial charge in [-0.3, -0.25) is 4.79 Å². The Morgan fingerprint density at radius 1 is 1.33 bits per heavy atom. The summed E-state index contributed by atoms with van der Waals surface area (Å²) in [6, 6.07) is 0. The van der Waals surface area contributed by atoms with Gasteiger partial charge in [-0.2, -0.15) is 0 Å². The van der Waals surface area contributed by atoms with Crippen LogP contribution >= 0.6 is 0 Å². The molecule has 0 aromatic rings. The van der Waals surface area contributed by atoms with E-state index in [9.17, 15) is 14.7 Å². The number of carboxylic acids is 1. The molecule has 5 heteroatoms. The highest BCUT2D eigenvalue weighted by molar-refractivity contribution is 5.91. The molecular formula is C16H25NO4. The van der Waals surface area contributed by atoms with Crippen molar-refractivity contribution >= 4 is 11.9 Å². The molecule has 0 aromatic carbocycles. The van der Waals surface area contributed by atoms with Gasteiger partial charge in [0, 0.05) is 24.4 Å². The summed E-state index contributed by atoms with van der Waals surface area (Å²) < 4.78 is 5.61. The molecule has 2 N–H and O–H groups in total. The van der Waals surface area contributed by atoms with Crippen LogP contribution < -0.4 is 5.32 Å². The Morgan fingerprint density at radius 2 is 2.00 bits per heavy atom. The van der Waals surface area contributed by atoms with Crippen molar-refractivity contribution in [3.63, 3.8) is 0 Å². The number of carbonyl (C=O) groups excluding carboxylic acids is 1. The molecule has 0 saturated heterocycles. The fourth-order valence-corrected chi connectivity index (χ4v) is 3.90. The van der Waals surface area contributed by atoms with Gasteiger partial charge in [-0.1, -0.05) is 13.8 Å². The van der Waals surface area contributed by atoms with Gasteiger partial charge in [-0.05, 0) is 38.0 Å². The lowest BCUT2D eigenvalue weighted by Gasteiger charge is -2.58. The van der Waals surface area contributed by atoms with E-state index in [2.05, 4.69) is 5.32 Å². The van der Waals surface area contributed by atoms with Gasteiger partial charge in [0.2, 0.25) is 5.91 Å². The Kier molecular flexibility index (Phi) is 3.32. The van der Waals surface area contributed by atoms with Crippen LogP contribution in [0.25, 0.3) is 0 Å². The SMILES string of the molecule is CCOC1CC(NC(=O)C2CC2C2CC2)(C(=O)O)C1(C)C. The highest BCUT2D eigenvalue weighted by atomic mass is 16.5. The molecular weight excluding hydrogens is 270 g/mol. The molecule has 0 bridgehead atoms. The largest absolute Gasteiger partial charge is 0.479 e. The standard InChI is InChI=1S/C16H25NO4/c1-4-21-12-8-16(14(19)20,15(12,2)3)17-13(18)11-7-10(11)9-5-6-9/h9-12H,4-8H2,1-3H3,(H,17,18)(H,19,20). The van der Waals surface area contributed by atoms with Crippen LogP contribution in [-0.2, 0) is 14.3 Å². The number of rotatable bonds is 6. The van der Waals surface area contributed by atoms with Crippen molar-refractivity contribution in [3.8, 4) is 0 Å². The first-order chi connectivity index (χ1) is 9.83. The minimum atomic E-state index is -1.18. The number of ether oxygens (including phenoxy) is 1. The molecule has 118 valence electrons. The maximum atomic E-state index is 12.4. The van der Waals surface area contributed by atoms with E-state index in [4.69, 9.17) is 4.74 Å². The van der Waals surface area contributed by atoms with Gasteiger partial charge in [-0.25, -0.2) is 4.79 Å². The summed E-state index contributed by atoms with van der Waals surface area (Å²) >= 11 is 0. The summed E-state index contributed by atoms with van der Waals surface area (Å²) in [7, 11) is 0. The lowest BCUT2D eigenvalue weighted by atomic mass is 9.54. The third kappa shape index (κ3) is 2.17. The van der Waals surface area contributed by atoms with Crippen LogP contribution in [0.15, 0.2) is 0 Å². The minimum Gasteiger partial charge on any atom is -0.479 e. The molecule has 0 aliphatic heterocycles. The summed E-state index contributed by atoms with van der Waals surface area (Å²) in [4.78, 5) is 24.2. The van der Waals surface area contributed by atoms with E-state index in [-0.39, 0.29) is 17.9 Å². The monoisotopic (exact) mass is 295 g/mol. The molecule has 3 rings (SSSR count). The van der Waals surface area contributed by atoms with Crippen molar-refractivity contribution < 1.29 is 19.4 Å². The number of carbonyl (C=O) groups is 2. The minimum absolute atomic E-state index is 0.0377. The van der Waals surface area contributed by atoms with Crippen molar-refractivity contribution in [2.75, 3.05) is 6.61 Å². The zero-order chi connectivity index (χ0) is 15.4. The molecule has 0 heterocycles. The van der Waals surface area contributed by atoms with E-state index in [1.54, 1.807) is 0 Å². The van der Waals surface area contributed by atoms with Crippen LogP contribution in [0.4, 0.5) is 0 Å². The maximum absolute atomic E-state index is 12.4. The summed E-state index contributed by atoms with van der Waals surface area (Å²) in [5.41, 5.74) is -1.77. The average molecular weight is 295 g/mol. The second kappa shape index (κ2) is 4.70. The molecule has 5 nitrogen and oxygen atoms in total. The molecule has 1 amide bonds. The number of carboxylic acid groups (broad SMARTS) is 1. The molecule has 3 aliphatic carbocycles. The molecule has 0 aromatic heterocycles. The molecule has 3 saturated carbocycles. The van der Waals surface area contributed by atoms with Gasteiger partial charge in [0.15, 0.2) is 0 Å². The summed E-state index contributed by atoms with van der Waals surface area (Å²) in [6.45, 7) is 6.21. The highest BCUT2D eigenvalue weighted by Crippen LogP contribution is 2.56. The van der Waals surface area contributed by atoms with Gasteiger partial charge in [0.25, 0.3) is 0 Å². The molecule has 4 atom stereocenters. The predicted octanol–water partition coefficient (Wildman–Crippen LogP) is 1.81. The molecule has 0 spiro atoms. The van der Waals surface area contributed by atoms with Crippen LogP contribution in [0.5, 0.6) is 0 Å².